The molecule has 2 unspecified atom stereocenters. The van der Waals surface area contributed by atoms with E-state index in [2.05, 4.69) is 67.5 Å². The summed E-state index contributed by atoms with van der Waals surface area (Å²) in [5.74, 6) is 2.21. The molecule has 0 spiro atoms. The third kappa shape index (κ3) is 5.84. The zero-order valence-electron chi connectivity index (χ0n) is 16.5. The zero-order chi connectivity index (χ0) is 17.6. The molecule has 1 aromatic rings. The van der Waals surface area contributed by atoms with Crippen LogP contribution in [0.2, 0.25) is 0 Å². The number of ether oxygens (including phenoxy) is 2. The summed E-state index contributed by atoms with van der Waals surface area (Å²) in [6.45, 7) is 19.0. The van der Waals surface area contributed by atoms with E-state index in [1.165, 1.54) is 16.7 Å². The summed E-state index contributed by atoms with van der Waals surface area (Å²) in [5.41, 5.74) is 3.35. The van der Waals surface area contributed by atoms with Gasteiger partial charge in [0.1, 0.15) is 5.75 Å². The smallest absolute Gasteiger partial charge is 0.125 e. The molecule has 0 fully saturated rings. The highest BCUT2D eigenvalue weighted by atomic mass is 16.5. The molecule has 2 heteroatoms. The Morgan fingerprint density at radius 2 is 1.39 bits per heavy atom. The van der Waals surface area contributed by atoms with Crippen LogP contribution in [0.25, 0.3) is 0 Å². The van der Waals surface area contributed by atoms with Gasteiger partial charge in [-0.05, 0) is 68.4 Å². The molecule has 1 rings (SSSR count). The molecule has 23 heavy (non-hydrogen) atoms. The monoisotopic (exact) mass is 320 g/mol. The average Bonchev–Trinajstić information content (AvgIpc) is 2.51. The largest absolute Gasteiger partial charge is 0.493 e. The highest BCUT2D eigenvalue weighted by molar-refractivity contribution is 5.44. The molecular formula is C21H36O2. The Bertz CT molecular complexity index is 468. The first kappa shape index (κ1) is 20.0. The topological polar surface area (TPSA) is 18.5 Å². The van der Waals surface area contributed by atoms with Crippen molar-refractivity contribution in [3.63, 3.8) is 0 Å². The van der Waals surface area contributed by atoms with Crippen molar-refractivity contribution in [1.82, 2.24) is 0 Å². The normalized spacial score (nSPS) is 14.6. The Balaban J connectivity index is 2.89. The first-order valence-corrected chi connectivity index (χ1v) is 9.09. The molecule has 0 saturated carbocycles. The van der Waals surface area contributed by atoms with Gasteiger partial charge in [0.05, 0.1) is 18.8 Å². The fourth-order valence-corrected chi connectivity index (χ4v) is 2.42. The van der Waals surface area contributed by atoms with Gasteiger partial charge in [-0.3, -0.25) is 0 Å². The van der Waals surface area contributed by atoms with E-state index in [1.54, 1.807) is 0 Å². The van der Waals surface area contributed by atoms with Crippen molar-refractivity contribution < 1.29 is 9.47 Å². The molecule has 0 radical (unpaired) electrons. The van der Waals surface area contributed by atoms with Gasteiger partial charge < -0.3 is 9.47 Å². The second-order valence-corrected chi connectivity index (χ2v) is 7.60. The second-order valence-electron chi connectivity index (χ2n) is 7.60. The summed E-state index contributed by atoms with van der Waals surface area (Å²) in [6.07, 6.45) is 2.29. The van der Waals surface area contributed by atoms with E-state index in [4.69, 9.17) is 9.47 Å². The average molecular weight is 321 g/mol. The number of benzene rings is 1. The molecule has 0 saturated heterocycles. The fraction of sp³-hybridized carbons (Fsp3) is 0.714. The molecule has 0 bridgehead atoms. The minimum atomic E-state index is -0.270. The van der Waals surface area contributed by atoms with Crippen LogP contribution in [0, 0.1) is 25.7 Å². The molecule has 132 valence electrons. The summed E-state index contributed by atoms with van der Waals surface area (Å²) < 4.78 is 12.3. The maximum absolute atomic E-state index is 6.19. The summed E-state index contributed by atoms with van der Waals surface area (Å²) in [7, 11) is 0. The van der Waals surface area contributed by atoms with Crippen molar-refractivity contribution in [2.75, 3.05) is 13.2 Å². The quantitative estimate of drug-likeness (QED) is 0.553. The Morgan fingerprint density at radius 3 is 1.87 bits per heavy atom. The Hall–Kier alpha value is -1.02. The van der Waals surface area contributed by atoms with Crippen molar-refractivity contribution in [3.8, 4) is 5.75 Å². The molecular weight excluding hydrogens is 284 g/mol. The van der Waals surface area contributed by atoms with Gasteiger partial charge in [0, 0.05) is 0 Å². The molecule has 0 aromatic heterocycles. The van der Waals surface area contributed by atoms with Crippen LogP contribution < -0.4 is 4.74 Å². The number of aryl methyl sites for hydroxylation is 2. The molecule has 0 N–H and O–H groups in total. The van der Waals surface area contributed by atoms with Crippen LogP contribution in [0.5, 0.6) is 5.75 Å². The molecule has 0 amide bonds. The lowest BCUT2D eigenvalue weighted by Gasteiger charge is -2.29. The van der Waals surface area contributed by atoms with Gasteiger partial charge in [0.15, 0.2) is 0 Å². The van der Waals surface area contributed by atoms with Crippen LogP contribution in [0.4, 0.5) is 0 Å². The highest BCUT2D eigenvalue weighted by Gasteiger charge is 2.24. The Labute approximate surface area is 143 Å². The Kier molecular flexibility index (Phi) is 7.60. The SMILES string of the molecule is CCC(C)COc1c(C)cc(C(C)(C)OCC(C)CC)cc1C. The van der Waals surface area contributed by atoms with Gasteiger partial charge in [-0.25, -0.2) is 0 Å². The van der Waals surface area contributed by atoms with Crippen LogP contribution in [-0.4, -0.2) is 13.2 Å². The summed E-state index contributed by atoms with van der Waals surface area (Å²) in [5, 5.41) is 0. The molecule has 0 heterocycles. The standard InChI is InChI=1S/C21H36O2/c1-9-15(3)13-22-20-17(5)11-19(12-18(20)6)21(7,8)23-14-16(4)10-2/h11-12,15-16H,9-10,13-14H2,1-8H3. The first-order chi connectivity index (χ1) is 10.7. The maximum Gasteiger partial charge on any atom is 0.125 e. The first-order valence-electron chi connectivity index (χ1n) is 9.09. The summed E-state index contributed by atoms with van der Waals surface area (Å²) in [6, 6.07) is 4.44. The van der Waals surface area contributed by atoms with Crippen molar-refractivity contribution in [2.45, 2.75) is 73.8 Å². The van der Waals surface area contributed by atoms with Gasteiger partial charge in [-0.1, -0.05) is 40.5 Å². The minimum Gasteiger partial charge on any atom is -0.493 e. The third-order valence-electron chi connectivity index (χ3n) is 4.79. The number of hydrogen-bond donors (Lipinski definition) is 0. The van der Waals surface area contributed by atoms with Crippen LogP contribution in [0.1, 0.15) is 71.1 Å². The van der Waals surface area contributed by atoms with Crippen LogP contribution in [0.15, 0.2) is 12.1 Å². The Morgan fingerprint density at radius 1 is 0.913 bits per heavy atom. The van der Waals surface area contributed by atoms with Gasteiger partial charge in [0.25, 0.3) is 0 Å². The predicted molar refractivity (Wildman–Crippen MR) is 99.3 cm³/mol. The summed E-state index contributed by atoms with van der Waals surface area (Å²) >= 11 is 0. The predicted octanol–water partition coefficient (Wildman–Crippen LogP) is 6.03. The zero-order valence-corrected chi connectivity index (χ0v) is 16.5. The second kappa shape index (κ2) is 8.73. The van der Waals surface area contributed by atoms with Crippen molar-refractivity contribution in [2.24, 2.45) is 11.8 Å². The molecule has 2 atom stereocenters. The summed E-state index contributed by atoms with van der Waals surface area (Å²) in [4.78, 5) is 0. The van der Waals surface area contributed by atoms with E-state index >= 15 is 0 Å². The van der Waals surface area contributed by atoms with E-state index in [-0.39, 0.29) is 5.60 Å². The molecule has 0 aliphatic heterocycles. The molecule has 2 nitrogen and oxygen atoms in total. The van der Waals surface area contributed by atoms with Gasteiger partial charge in [-0.2, -0.15) is 0 Å². The van der Waals surface area contributed by atoms with Gasteiger partial charge in [-0.15, -0.1) is 0 Å². The van der Waals surface area contributed by atoms with E-state index in [0.717, 1.165) is 31.8 Å². The van der Waals surface area contributed by atoms with E-state index in [9.17, 15) is 0 Å². The number of hydrogen-bond acceptors (Lipinski definition) is 2. The van der Waals surface area contributed by atoms with Crippen LogP contribution >= 0.6 is 0 Å². The van der Waals surface area contributed by atoms with Crippen molar-refractivity contribution in [3.05, 3.63) is 28.8 Å². The third-order valence-corrected chi connectivity index (χ3v) is 4.79. The van der Waals surface area contributed by atoms with Gasteiger partial charge in [0.2, 0.25) is 0 Å². The van der Waals surface area contributed by atoms with Crippen LogP contribution in [0.3, 0.4) is 0 Å². The van der Waals surface area contributed by atoms with E-state index < -0.39 is 0 Å². The molecule has 0 aliphatic rings. The lowest BCUT2D eigenvalue weighted by molar-refractivity contribution is -0.0377. The maximum atomic E-state index is 6.19. The lowest BCUT2D eigenvalue weighted by Crippen LogP contribution is -2.25. The van der Waals surface area contributed by atoms with E-state index in [1.807, 2.05) is 0 Å². The lowest BCUT2D eigenvalue weighted by atomic mass is 9.93. The van der Waals surface area contributed by atoms with Crippen molar-refractivity contribution in [1.29, 1.82) is 0 Å². The highest BCUT2D eigenvalue weighted by Crippen LogP contribution is 2.32. The molecule has 0 aliphatic carbocycles. The minimum absolute atomic E-state index is 0.270. The number of rotatable bonds is 9. The fourth-order valence-electron chi connectivity index (χ4n) is 2.42. The van der Waals surface area contributed by atoms with Crippen molar-refractivity contribution >= 4 is 0 Å². The van der Waals surface area contributed by atoms with Gasteiger partial charge >= 0.3 is 0 Å². The van der Waals surface area contributed by atoms with E-state index in [0.29, 0.717) is 11.8 Å². The molecule has 1 aromatic carbocycles. The van der Waals surface area contributed by atoms with Crippen LogP contribution in [-0.2, 0) is 10.3 Å².